The van der Waals surface area contributed by atoms with Gasteiger partial charge in [-0.05, 0) is 54.6 Å². The van der Waals surface area contributed by atoms with E-state index >= 15 is 0 Å². The van der Waals surface area contributed by atoms with E-state index in [1.54, 1.807) is 73.2 Å². The third-order valence-corrected chi connectivity index (χ3v) is 4.68. The molecule has 36 heavy (non-hydrogen) atoms. The van der Waals surface area contributed by atoms with Crippen LogP contribution >= 0.6 is 0 Å². The van der Waals surface area contributed by atoms with E-state index in [-0.39, 0.29) is 16.7 Å². The second-order valence-electron chi connectivity index (χ2n) is 7.25. The lowest BCUT2D eigenvalue weighted by Crippen LogP contribution is -2.07. The van der Waals surface area contributed by atoms with Crippen LogP contribution in [0.3, 0.4) is 0 Å². The standard InChI is InChI=1S/C27H18N6O3/c34-25(31-16-22-7-1-4-10-28-22)19-13-20(26(35)32-17-23-8-2-5-11-29-23)15-21(14-19)27(36)33-18-24-9-3-6-12-30-24/h1-18H. The van der Waals surface area contributed by atoms with Gasteiger partial charge in [0.2, 0.25) is 0 Å². The minimum atomic E-state index is -0.660. The number of carbonyl (C=O) groups excluding carboxylic acids is 3. The lowest BCUT2D eigenvalue weighted by atomic mass is 10.0. The number of amides is 3. The summed E-state index contributed by atoms with van der Waals surface area (Å²) in [6.45, 7) is 0. The highest BCUT2D eigenvalue weighted by Gasteiger charge is 2.15. The first-order chi connectivity index (χ1) is 17.6. The Bertz CT molecular complexity index is 1280. The summed E-state index contributed by atoms with van der Waals surface area (Å²) < 4.78 is 0. The van der Waals surface area contributed by atoms with Gasteiger partial charge in [-0.2, -0.15) is 0 Å². The second-order valence-corrected chi connectivity index (χ2v) is 7.25. The SMILES string of the molecule is O=C(N=Cc1ccccn1)c1cc(C(=O)N=Cc2ccccn2)cc(C(=O)N=Cc2ccccn2)c1. The van der Waals surface area contributed by atoms with Crippen molar-refractivity contribution >= 4 is 36.4 Å². The van der Waals surface area contributed by atoms with Gasteiger partial charge in [-0.25, -0.2) is 15.0 Å². The molecule has 9 heteroatoms. The maximum atomic E-state index is 12.8. The van der Waals surface area contributed by atoms with Crippen molar-refractivity contribution in [1.82, 2.24) is 15.0 Å². The van der Waals surface area contributed by atoms with Crippen LogP contribution in [0.4, 0.5) is 0 Å². The predicted molar refractivity (Wildman–Crippen MR) is 135 cm³/mol. The molecule has 0 unspecified atom stereocenters. The van der Waals surface area contributed by atoms with E-state index in [4.69, 9.17) is 0 Å². The van der Waals surface area contributed by atoms with E-state index < -0.39 is 17.7 Å². The molecule has 9 nitrogen and oxygen atoms in total. The average Bonchev–Trinajstić information content (AvgIpc) is 2.94. The van der Waals surface area contributed by atoms with E-state index in [0.29, 0.717) is 17.1 Å². The Kier molecular flexibility index (Phi) is 7.75. The Morgan fingerprint density at radius 3 is 1.06 bits per heavy atom. The van der Waals surface area contributed by atoms with Crippen molar-refractivity contribution in [3.63, 3.8) is 0 Å². The molecule has 4 aromatic rings. The van der Waals surface area contributed by atoms with Crippen LogP contribution in [0, 0.1) is 0 Å². The average molecular weight is 474 g/mol. The number of nitrogens with zero attached hydrogens (tertiary/aromatic N) is 6. The Morgan fingerprint density at radius 2 is 0.806 bits per heavy atom. The molecular formula is C27H18N6O3. The molecule has 0 fully saturated rings. The van der Waals surface area contributed by atoms with Gasteiger partial charge < -0.3 is 0 Å². The number of carbonyl (C=O) groups is 3. The molecule has 0 radical (unpaired) electrons. The van der Waals surface area contributed by atoms with E-state index in [1.807, 2.05) is 0 Å². The Hall–Kier alpha value is -5.31. The molecule has 0 aliphatic rings. The molecule has 3 heterocycles. The first kappa shape index (κ1) is 23.8. The van der Waals surface area contributed by atoms with Crippen LogP contribution in [0.15, 0.2) is 106 Å². The summed E-state index contributed by atoms with van der Waals surface area (Å²) in [6.07, 6.45) is 8.62. The minimum Gasteiger partial charge on any atom is -0.267 e. The van der Waals surface area contributed by atoms with Gasteiger partial charge in [0.25, 0.3) is 17.7 Å². The Morgan fingerprint density at radius 1 is 0.500 bits per heavy atom. The maximum absolute atomic E-state index is 12.8. The van der Waals surface area contributed by atoms with Gasteiger partial charge in [-0.3, -0.25) is 29.3 Å². The number of benzene rings is 1. The first-order valence-corrected chi connectivity index (χ1v) is 10.7. The van der Waals surface area contributed by atoms with Crippen LogP contribution in [0.2, 0.25) is 0 Å². The molecule has 0 spiro atoms. The lowest BCUT2D eigenvalue weighted by Gasteiger charge is -2.04. The highest BCUT2D eigenvalue weighted by molar-refractivity contribution is 6.09. The molecule has 0 saturated heterocycles. The van der Waals surface area contributed by atoms with Crippen LogP contribution in [0.25, 0.3) is 0 Å². The topological polar surface area (TPSA) is 127 Å². The van der Waals surface area contributed by atoms with Gasteiger partial charge in [0, 0.05) is 35.3 Å². The number of hydrogen-bond acceptors (Lipinski definition) is 6. The number of aromatic nitrogens is 3. The molecule has 0 atom stereocenters. The number of aliphatic imine (C=N–C) groups is 3. The number of rotatable bonds is 6. The summed E-state index contributed by atoms with van der Waals surface area (Å²) in [5.74, 6) is -1.98. The van der Waals surface area contributed by atoms with E-state index in [0.717, 1.165) is 0 Å². The predicted octanol–water partition coefficient (Wildman–Crippen LogP) is 3.65. The highest BCUT2D eigenvalue weighted by atomic mass is 16.2. The largest absolute Gasteiger partial charge is 0.277 e. The zero-order valence-corrected chi connectivity index (χ0v) is 18.8. The third-order valence-electron chi connectivity index (χ3n) is 4.68. The normalized spacial score (nSPS) is 11.3. The van der Waals surface area contributed by atoms with Gasteiger partial charge in [-0.15, -0.1) is 0 Å². The number of hydrogen-bond donors (Lipinski definition) is 0. The molecule has 174 valence electrons. The van der Waals surface area contributed by atoms with Gasteiger partial charge in [0.15, 0.2) is 0 Å². The molecule has 0 N–H and O–H groups in total. The summed E-state index contributed by atoms with van der Waals surface area (Å²) in [5, 5.41) is 0. The fraction of sp³-hybridized carbons (Fsp3) is 0. The zero-order chi connectivity index (χ0) is 25.2. The molecule has 0 aliphatic carbocycles. The third kappa shape index (κ3) is 6.61. The Labute approximate surface area is 206 Å². The van der Waals surface area contributed by atoms with Gasteiger partial charge >= 0.3 is 0 Å². The summed E-state index contributed by atoms with van der Waals surface area (Å²) in [5.41, 5.74) is 1.52. The fourth-order valence-corrected chi connectivity index (χ4v) is 2.95. The van der Waals surface area contributed by atoms with Crippen molar-refractivity contribution in [2.75, 3.05) is 0 Å². The smallest absolute Gasteiger partial charge is 0.267 e. The van der Waals surface area contributed by atoms with E-state index in [1.165, 1.54) is 36.8 Å². The molecule has 0 aliphatic heterocycles. The van der Waals surface area contributed by atoms with Gasteiger partial charge in [-0.1, -0.05) is 18.2 Å². The summed E-state index contributed by atoms with van der Waals surface area (Å²) in [7, 11) is 0. The lowest BCUT2D eigenvalue weighted by molar-refractivity contribution is 0.100. The van der Waals surface area contributed by atoms with E-state index in [9.17, 15) is 14.4 Å². The quantitative estimate of drug-likeness (QED) is 0.393. The summed E-state index contributed by atoms with van der Waals surface area (Å²) in [6, 6.07) is 19.5. The van der Waals surface area contributed by atoms with Crippen LogP contribution < -0.4 is 0 Å². The van der Waals surface area contributed by atoms with Crippen molar-refractivity contribution in [2.24, 2.45) is 15.0 Å². The number of pyridine rings is 3. The molecule has 3 aromatic heterocycles. The first-order valence-electron chi connectivity index (χ1n) is 10.7. The van der Waals surface area contributed by atoms with Crippen molar-refractivity contribution in [2.45, 2.75) is 0 Å². The molecule has 1 aromatic carbocycles. The van der Waals surface area contributed by atoms with Crippen LogP contribution in [-0.2, 0) is 0 Å². The van der Waals surface area contributed by atoms with Gasteiger partial charge in [0.1, 0.15) is 0 Å². The van der Waals surface area contributed by atoms with Crippen LogP contribution in [0.1, 0.15) is 48.2 Å². The zero-order valence-electron chi connectivity index (χ0n) is 18.8. The Balaban J connectivity index is 1.65. The van der Waals surface area contributed by atoms with Crippen molar-refractivity contribution in [1.29, 1.82) is 0 Å². The summed E-state index contributed by atoms with van der Waals surface area (Å²) >= 11 is 0. The van der Waals surface area contributed by atoms with Crippen molar-refractivity contribution in [3.05, 3.63) is 125 Å². The van der Waals surface area contributed by atoms with E-state index in [2.05, 4.69) is 29.9 Å². The van der Waals surface area contributed by atoms with Gasteiger partial charge in [0.05, 0.1) is 35.7 Å². The molecule has 0 saturated carbocycles. The maximum Gasteiger partial charge on any atom is 0.277 e. The molecular weight excluding hydrogens is 456 g/mol. The molecule has 0 bridgehead atoms. The van der Waals surface area contributed by atoms with Crippen molar-refractivity contribution < 1.29 is 14.4 Å². The highest BCUT2D eigenvalue weighted by Crippen LogP contribution is 2.15. The van der Waals surface area contributed by atoms with Crippen LogP contribution in [-0.4, -0.2) is 51.3 Å². The monoisotopic (exact) mass is 474 g/mol. The van der Waals surface area contributed by atoms with Crippen molar-refractivity contribution in [3.8, 4) is 0 Å². The summed E-state index contributed by atoms with van der Waals surface area (Å²) in [4.78, 5) is 62.3. The van der Waals surface area contributed by atoms with Crippen LogP contribution in [0.5, 0.6) is 0 Å². The fourth-order valence-electron chi connectivity index (χ4n) is 2.95. The molecule has 4 rings (SSSR count). The molecule has 3 amide bonds. The second kappa shape index (κ2) is 11.7. The minimum absolute atomic E-state index is 0.0254.